The van der Waals surface area contributed by atoms with Gasteiger partial charge >= 0.3 is 6.03 Å². The van der Waals surface area contributed by atoms with Gasteiger partial charge in [-0.25, -0.2) is 9.69 Å². The summed E-state index contributed by atoms with van der Waals surface area (Å²) < 4.78 is 17.1. The minimum absolute atomic E-state index is 0.203. The van der Waals surface area contributed by atoms with E-state index in [0.29, 0.717) is 34.4 Å². The van der Waals surface area contributed by atoms with E-state index in [1.54, 1.807) is 13.0 Å². The first-order valence-electron chi connectivity index (χ1n) is 11.3. The van der Waals surface area contributed by atoms with E-state index >= 15 is 0 Å². The molecule has 3 aromatic carbocycles. The van der Waals surface area contributed by atoms with E-state index in [4.69, 9.17) is 37.4 Å². The Morgan fingerprint density at radius 1 is 0.892 bits per heavy atom. The zero-order valence-electron chi connectivity index (χ0n) is 19.7. The standard InChI is InChI=1S/C27H22Cl2N2O6/c1-2-35-23-16-17(15-22(29)24(23)37-13-12-36-20-6-4-3-5-7-20)14-21-25(32)30-27(34)31(26(21)33)19-10-8-18(28)9-11-19/h3-11,14-16H,2,12-13H2,1H3,(H,30,32,34). The number of barbiturate groups is 1. The molecular weight excluding hydrogens is 519 g/mol. The van der Waals surface area contributed by atoms with Crippen molar-refractivity contribution in [3.63, 3.8) is 0 Å². The molecule has 8 nitrogen and oxygen atoms in total. The molecule has 0 spiro atoms. The molecule has 1 N–H and O–H groups in total. The maximum atomic E-state index is 13.1. The lowest BCUT2D eigenvalue weighted by Crippen LogP contribution is -2.54. The Hall–Kier alpha value is -4.01. The number of hydrogen-bond donors (Lipinski definition) is 1. The van der Waals surface area contributed by atoms with Crippen LogP contribution in [0.4, 0.5) is 10.5 Å². The Balaban J connectivity index is 1.56. The molecule has 3 aromatic rings. The quantitative estimate of drug-likeness (QED) is 0.218. The molecule has 0 bridgehead atoms. The number of amides is 4. The van der Waals surface area contributed by atoms with Crippen LogP contribution in [0, 0.1) is 0 Å². The predicted octanol–water partition coefficient (Wildman–Crippen LogP) is 5.52. The van der Waals surface area contributed by atoms with E-state index < -0.39 is 17.8 Å². The summed E-state index contributed by atoms with van der Waals surface area (Å²) in [6.45, 7) is 2.61. The van der Waals surface area contributed by atoms with E-state index in [0.717, 1.165) is 4.90 Å². The summed E-state index contributed by atoms with van der Waals surface area (Å²) >= 11 is 12.4. The largest absolute Gasteiger partial charge is 0.490 e. The fourth-order valence-corrected chi connectivity index (χ4v) is 3.94. The molecule has 190 valence electrons. The normalized spacial score (nSPS) is 14.5. The van der Waals surface area contributed by atoms with E-state index in [-0.39, 0.29) is 29.5 Å². The summed E-state index contributed by atoms with van der Waals surface area (Å²) in [5.41, 5.74) is 0.419. The molecule has 0 aromatic heterocycles. The number of urea groups is 1. The van der Waals surface area contributed by atoms with Gasteiger partial charge in [0.15, 0.2) is 11.5 Å². The van der Waals surface area contributed by atoms with Crippen molar-refractivity contribution in [2.45, 2.75) is 6.92 Å². The molecule has 0 unspecified atom stereocenters. The first-order valence-corrected chi connectivity index (χ1v) is 12.1. The second-order valence-corrected chi connectivity index (χ2v) is 8.55. The zero-order valence-corrected chi connectivity index (χ0v) is 21.2. The second kappa shape index (κ2) is 11.8. The summed E-state index contributed by atoms with van der Waals surface area (Å²) in [6, 6.07) is 17.7. The Morgan fingerprint density at radius 3 is 2.30 bits per heavy atom. The minimum atomic E-state index is -0.857. The highest BCUT2D eigenvalue weighted by molar-refractivity contribution is 6.39. The van der Waals surface area contributed by atoms with Gasteiger partial charge < -0.3 is 14.2 Å². The van der Waals surface area contributed by atoms with Gasteiger partial charge in [0, 0.05) is 5.02 Å². The van der Waals surface area contributed by atoms with Gasteiger partial charge in [-0.3, -0.25) is 14.9 Å². The molecule has 1 saturated heterocycles. The van der Waals surface area contributed by atoms with Crippen LogP contribution in [0.15, 0.2) is 72.3 Å². The van der Waals surface area contributed by atoms with Crippen LogP contribution >= 0.6 is 23.2 Å². The number of nitrogens with one attached hydrogen (secondary N) is 1. The number of ether oxygens (including phenoxy) is 3. The van der Waals surface area contributed by atoms with Crippen LogP contribution in [-0.2, 0) is 9.59 Å². The zero-order chi connectivity index (χ0) is 26.4. The fraction of sp³-hybridized carbons (Fsp3) is 0.148. The van der Waals surface area contributed by atoms with Crippen LogP contribution in [0.25, 0.3) is 6.08 Å². The number of carbonyl (C=O) groups excluding carboxylic acids is 3. The smallest absolute Gasteiger partial charge is 0.335 e. The second-order valence-electron chi connectivity index (χ2n) is 7.71. The summed E-state index contributed by atoms with van der Waals surface area (Å²) in [5.74, 6) is -0.266. The lowest BCUT2D eigenvalue weighted by Gasteiger charge is -2.26. The molecule has 4 rings (SSSR count). The Morgan fingerprint density at radius 2 is 1.59 bits per heavy atom. The van der Waals surface area contributed by atoms with Gasteiger partial charge in [-0.2, -0.15) is 0 Å². The summed E-state index contributed by atoms with van der Waals surface area (Å²) in [5, 5.41) is 2.83. The molecule has 1 fully saturated rings. The van der Waals surface area contributed by atoms with Crippen LogP contribution in [0.1, 0.15) is 12.5 Å². The van der Waals surface area contributed by atoms with Crippen molar-refractivity contribution >= 4 is 52.8 Å². The van der Waals surface area contributed by atoms with Crippen molar-refractivity contribution in [3.05, 3.63) is 87.9 Å². The maximum Gasteiger partial charge on any atom is 0.335 e. The SMILES string of the molecule is CCOc1cc(C=C2C(=O)NC(=O)N(c3ccc(Cl)cc3)C2=O)cc(Cl)c1OCCOc1ccccc1. The Labute approximate surface area is 223 Å². The van der Waals surface area contributed by atoms with Gasteiger partial charge in [-0.05, 0) is 67.1 Å². The summed E-state index contributed by atoms with van der Waals surface area (Å²) in [6.07, 6.45) is 1.34. The fourth-order valence-electron chi connectivity index (χ4n) is 3.54. The molecule has 4 amide bonds. The van der Waals surface area contributed by atoms with Crippen LogP contribution in [0.3, 0.4) is 0 Å². The average molecular weight is 541 g/mol. The number of hydrogen-bond acceptors (Lipinski definition) is 6. The monoisotopic (exact) mass is 540 g/mol. The third-order valence-electron chi connectivity index (χ3n) is 5.17. The topological polar surface area (TPSA) is 94.2 Å². The Bertz CT molecular complexity index is 1340. The molecule has 1 aliphatic heterocycles. The predicted molar refractivity (Wildman–Crippen MR) is 141 cm³/mol. The van der Waals surface area contributed by atoms with E-state index in [2.05, 4.69) is 5.32 Å². The summed E-state index contributed by atoms with van der Waals surface area (Å²) in [7, 11) is 0. The lowest BCUT2D eigenvalue weighted by molar-refractivity contribution is -0.122. The molecule has 1 heterocycles. The highest BCUT2D eigenvalue weighted by atomic mass is 35.5. The van der Waals surface area contributed by atoms with Crippen LogP contribution in [0.2, 0.25) is 10.0 Å². The number of carbonyl (C=O) groups is 3. The summed E-state index contributed by atoms with van der Waals surface area (Å²) in [4.78, 5) is 38.9. The average Bonchev–Trinajstić information content (AvgIpc) is 2.87. The molecular formula is C27H22Cl2N2O6. The molecule has 1 aliphatic rings. The van der Waals surface area contributed by atoms with Crippen molar-refractivity contribution in [2.24, 2.45) is 0 Å². The van der Waals surface area contributed by atoms with E-state index in [9.17, 15) is 14.4 Å². The molecule has 0 saturated carbocycles. The van der Waals surface area contributed by atoms with Crippen molar-refractivity contribution in [2.75, 3.05) is 24.7 Å². The molecule has 0 atom stereocenters. The van der Waals surface area contributed by atoms with Gasteiger partial charge in [0.2, 0.25) is 0 Å². The van der Waals surface area contributed by atoms with Crippen LogP contribution in [-0.4, -0.2) is 37.7 Å². The van der Waals surface area contributed by atoms with Gasteiger partial charge in [-0.15, -0.1) is 0 Å². The van der Waals surface area contributed by atoms with Gasteiger partial charge in [-0.1, -0.05) is 41.4 Å². The third-order valence-corrected chi connectivity index (χ3v) is 5.70. The van der Waals surface area contributed by atoms with Crippen molar-refractivity contribution in [1.82, 2.24) is 5.32 Å². The van der Waals surface area contributed by atoms with Gasteiger partial charge in [0.05, 0.1) is 17.3 Å². The number of imide groups is 2. The lowest BCUT2D eigenvalue weighted by atomic mass is 10.1. The highest BCUT2D eigenvalue weighted by Crippen LogP contribution is 2.37. The molecule has 0 aliphatic carbocycles. The van der Waals surface area contributed by atoms with Crippen molar-refractivity contribution in [1.29, 1.82) is 0 Å². The molecule has 10 heteroatoms. The number of benzene rings is 3. The third kappa shape index (κ3) is 6.22. The van der Waals surface area contributed by atoms with Gasteiger partial charge in [0.1, 0.15) is 24.5 Å². The Kier molecular flexibility index (Phi) is 8.32. The molecule has 0 radical (unpaired) electrons. The van der Waals surface area contributed by atoms with E-state index in [1.165, 1.54) is 36.4 Å². The first-order chi connectivity index (χ1) is 17.9. The van der Waals surface area contributed by atoms with Crippen molar-refractivity contribution in [3.8, 4) is 17.2 Å². The molecule has 37 heavy (non-hydrogen) atoms. The van der Waals surface area contributed by atoms with Crippen molar-refractivity contribution < 1.29 is 28.6 Å². The number of para-hydroxylation sites is 1. The number of anilines is 1. The number of rotatable bonds is 9. The number of halogens is 2. The van der Waals surface area contributed by atoms with E-state index in [1.807, 2.05) is 30.3 Å². The van der Waals surface area contributed by atoms with Gasteiger partial charge in [0.25, 0.3) is 11.8 Å². The number of nitrogens with zero attached hydrogens (tertiary/aromatic N) is 1. The highest BCUT2D eigenvalue weighted by Gasteiger charge is 2.36. The first kappa shape index (κ1) is 26.1. The maximum absolute atomic E-state index is 13.1. The van der Waals surface area contributed by atoms with Crippen LogP contribution < -0.4 is 24.4 Å². The minimum Gasteiger partial charge on any atom is -0.490 e. The van der Waals surface area contributed by atoms with Crippen LogP contribution in [0.5, 0.6) is 17.2 Å².